The summed E-state index contributed by atoms with van der Waals surface area (Å²) < 4.78 is 0. The molecule has 1 aromatic rings. The fourth-order valence-electron chi connectivity index (χ4n) is 1.50. The molecule has 0 radical (unpaired) electrons. The average Bonchev–Trinajstić information content (AvgIpc) is 2.27. The zero-order chi connectivity index (χ0) is 11.4. The van der Waals surface area contributed by atoms with E-state index in [0.717, 1.165) is 6.42 Å². The SMILES string of the molecule is CCC(C)[C@H](N)c1ccccc1[N+](=O)[O-].Cl. The van der Waals surface area contributed by atoms with Crippen LogP contribution in [0.15, 0.2) is 24.3 Å². The van der Waals surface area contributed by atoms with E-state index in [-0.39, 0.29) is 35.0 Å². The van der Waals surface area contributed by atoms with Crippen molar-refractivity contribution in [3.05, 3.63) is 39.9 Å². The average molecular weight is 245 g/mol. The molecule has 4 nitrogen and oxygen atoms in total. The van der Waals surface area contributed by atoms with E-state index < -0.39 is 0 Å². The molecule has 0 amide bonds. The van der Waals surface area contributed by atoms with Crippen molar-refractivity contribution in [2.75, 3.05) is 0 Å². The Bertz CT molecular complexity index is 358. The monoisotopic (exact) mass is 244 g/mol. The van der Waals surface area contributed by atoms with Crippen LogP contribution in [0.1, 0.15) is 31.9 Å². The predicted molar refractivity (Wildman–Crippen MR) is 66.7 cm³/mol. The van der Waals surface area contributed by atoms with Crippen molar-refractivity contribution < 1.29 is 4.92 Å². The maximum atomic E-state index is 10.8. The summed E-state index contributed by atoms with van der Waals surface area (Å²) in [6.45, 7) is 4.03. The van der Waals surface area contributed by atoms with Gasteiger partial charge in [-0.1, -0.05) is 38.5 Å². The highest BCUT2D eigenvalue weighted by Crippen LogP contribution is 2.29. The minimum atomic E-state index is -0.377. The predicted octanol–water partition coefficient (Wildman–Crippen LogP) is 3.06. The van der Waals surface area contributed by atoms with Crippen LogP contribution in [0, 0.1) is 16.0 Å². The van der Waals surface area contributed by atoms with Gasteiger partial charge in [-0.15, -0.1) is 12.4 Å². The van der Waals surface area contributed by atoms with E-state index in [1.165, 1.54) is 6.07 Å². The van der Waals surface area contributed by atoms with E-state index >= 15 is 0 Å². The second kappa shape index (κ2) is 6.45. The van der Waals surface area contributed by atoms with Gasteiger partial charge >= 0.3 is 0 Å². The Morgan fingerprint density at radius 2 is 2.00 bits per heavy atom. The normalized spacial score (nSPS) is 13.7. The van der Waals surface area contributed by atoms with Crippen molar-refractivity contribution in [1.29, 1.82) is 0 Å². The van der Waals surface area contributed by atoms with Gasteiger partial charge in [-0.25, -0.2) is 0 Å². The third-order valence-electron chi connectivity index (χ3n) is 2.75. The summed E-state index contributed by atoms with van der Waals surface area (Å²) in [5.74, 6) is 0.242. The van der Waals surface area contributed by atoms with Gasteiger partial charge in [-0.05, 0) is 5.92 Å². The highest BCUT2D eigenvalue weighted by molar-refractivity contribution is 5.85. The van der Waals surface area contributed by atoms with Crippen LogP contribution in [0.2, 0.25) is 0 Å². The van der Waals surface area contributed by atoms with Crippen molar-refractivity contribution in [3.63, 3.8) is 0 Å². The van der Waals surface area contributed by atoms with Crippen LogP contribution in [0.25, 0.3) is 0 Å². The molecule has 0 heterocycles. The quantitative estimate of drug-likeness (QED) is 0.654. The zero-order valence-electron chi connectivity index (χ0n) is 9.42. The number of para-hydroxylation sites is 1. The Kier molecular flexibility index (Phi) is 6.00. The molecule has 1 aromatic carbocycles. The highest BCUT2D eigenvalue weighted by Gasteiger charge is 2.21. The van der Waals surface area contributed by atoms with E-state index in [0.29, 0.717) is 5.56 Å². The molecule has 0 saturated carbocycles. The molecule has 0 aromatic heterocycles. The van der Waals surface area contributed by atoms with E-state index in [1.807, 2.05) is 13.8 Å². The van der Waals surface area contributed by atoms with E-state index in [4.69, 9.17) is 5.73 Å². The summed E-state index contributed by atoms with van der Waals surface area (Å²) in [7, 11) is 0. The number of hydrogen-bond donors (Lipinski definition) is 1. The highest BCUT2D eigenvalue weighted by atomic mass is 35.5. The number of rotatable bonds is 4. The van der Waals surface area contributed by atoms with Crippen LogP contribution in [0.4, 0.5) is 5.69 Å². The summed E-state index contributed by atoms with van der Waals surface area (Å²) in [5, 5.41) is 10.8. The molecule has 2 atom stereocenters. The number of nitro groups is 1. The smallest absolute Gasteiger partial charge is 0.274 e. The lowest BCUT2D eigenvalue weighted by Gasteiger charge is -2.18. The standard InChI is InChI=1S/C11H16N2O2.ClH/c1-3-8(2)11(12)9-6-4-5-7-10(9)13(14)15;/h4-8,11H,3,12H2,1-2H3;1H/t8?,11-;/m0./s1. The van der Waals surface area contributed by atoms with E-state index in [9.17, 15) is 10.1 Å². The summed E-state index contributed by atoms with van der Waals surface area (Å²) >= 11 is 0. The third-order valence-corrected chi connectivity index (χ3v) is 2.75. The summed E-state index contributed by atoms with van der Waals surface area (Å²) in [5.41, 5.74) is 6.72. The lowest BCUT2D eigenvalue weighted by Crippen LogP contribution is -2.19. The molecule has 1 unspecified atom stereocenters. The first-order valence-corrected chi connectivity index (χ1v) is 5.06. The van der Waals surface area contributed by atoms with Crippen molar-refractivity contribution >= 4 is 18.1 Å². The molecular weight excluding hydrogens is 228 g/mol. The van der Waals surface area contributed by atoms with Gasteiger partial charge in [0.15, 0.2) is 0 Å². The van der Waals surface area contributed by atoms with Gasteiger partial charge in [0, 0.05) is 17.7 Å². The number of benzene rings is 1. The molecule has 0 spiro atoms. The number of nitro benzene ring substituents is 1. The van der Waals surface area contributed by atoms with Crippen LogP contribution >= 0.6 is 12.4 Å². The van der Waals surface area contributed by atoms with Crippen LogP contribution in [-0.2, 0) is 0 Å². The Morgan fingerprint density at radius 1 is 1.44 bits per heavy atom. The first-order chi connectivity index (χ1) is 7.07. The number of nitrogens with two attached hydrogens (primary N) is 1. The lowest BCUT2D eigenvalue weighted by atomic mass is 9.92. The fraction of sp³-hybridized carbons (Fsp3) is 0.455. The Balaban J connectivity index is 0.00000225. The maximum Gasteiger partial charge on any atom is 0.274 e. The summed E-state index contributed by atoms with van der Waals surface area (Å²) in [4.78, 5) is 10.4. The molecular formula is C11H17ClN2O2. The molecule has 0 saturated heterocycles. The van der Waals surface area contributed by atoms with Crippen LogP contribution in [-0.4, -0.2) is 4.92 Å². The summed E-state index contributed by atoms with van der Waals surface area (Å²) in [6.07, 6.45) is 0.910. The van der Waals surface area contributed by atoms with E-state index in [1.54, 1.807) is 18.2 Å². The van der Waals surface area contributed by atoms with Gasteiger partial charge in [0.2, 0.25) is 0 Å². The molecule has 90 valence electrons. The van der Waals surface area contributed by atoms with Crippen molar-refractivity contribution in [2.24, 2.45) is 11.7 Å². The van der Waals surface area contributed by atoms with Gasteiger partial charge in [-0.3, -0.25) is 10.1 Å². The van der Waals surface area contributed by atoms with E-state index in [2.05, 4.69) is 0 Å². The molecule has 0 aliphatic rings. The molecule has 2 N–H and O–H groups in total. The van der Waals surface area contributed by atoms with Gasteiger partial charge < -0.3 is 5.73 Å². The first kappa shape index (κ1) is 14.9. The Hall–Kier alpha value is -1.13. The van der Waals surface area contributed by atoms with Crippen LogP contribution < -0.4 is 5.73 Å². The van der Waals surface area contributed by atoms with Crippen molar-refractivity contribution in [3.8, 4) is 0 Å². The van der Waals surface area contributed by atoms with Crippen molar-refractivity contribution in [2.45, 2.75) is 26.3 Å². The van der Waals surface area contributed by atoms with Gasteiger partial charge in [0.1, 0.15) is 0 Å². The zero-order valence-corrected chi connectivity index (χ0v) is 10.2. The number of nitrogens with zero attached hydrogens (tertiary/aromatic N) is 1. The minimum Gasteiger partial charge on any atom is -0.324 e. The minimum absolute atomic E-state index is 0. The molecule has 0 fully saturated rings. The molecule has 0 bridgehead atoms. The molecule has 0 aliphatic carbocycles. The summed E-state index contributed by atoms with van der Waals surface area (Å²) in [6, 6.07) is 6.40. The van der Waals surface area contributed by atoms with Crippen molar-refractivity contribution in [1.82, 2.24) is 0 Å². The van der Waals surface area contributed by atoms with Crippen LogP contribution in [0.3, 0.4) is 0 Å². The van der Waals surface area contributed by atoms with Gasteiger partial charge in [0.25, 0.3) is 5.69 Å². The maximum absolute atomic E-state index is 10.8. The topological polar surface area (TPSA) is 69.2 Å². The molecule has 1 rings (SSSR count). The second-order valence-electron chi connectivity index (χ2n) is 3.73. The van der Waals surface area contributed by atoms with Gasteiger partial charge in [0.05, 0.1) is 4.92 Å². The largest absolute Gasteiger partial charge is 0.324 e. The fourth-order valence-corrected chi connectivity index (χ4v) is 1.50. The number of hydrogen-bond acceptors (Lipinski definition) is 3. The van der Waals surface area contributed by atoms with Crippen LogP contribution in [0.5, 0.6) is 0 Å². The second-order valence-corrected chi connectivity index (χ2v) is 3.73. The third kappa shape index (κ3) is 3.18. The lowest BCUT2D eigenvalue weighted by molar-refractivity contribution is -0.385. The Morgan fingerprint density at radius 3 is 2.50 bits per heavy atom. The molecule has 5 heteroatoms. The Labute approximate surface area is 101 Å². The number of halogens is 1. The molecule has 16 heavy (non-hydrogen) atoms. The van der Waals surface area contributed by atoms with Gasteiger partial charge in [-0.2, -0.15) is 0 Å². The first-order valence-electron chi connectivity index (χ1n) is 5.06. The molecule has 0 aliphatic heterocycles.